The van der Waals surface area contributed by atoms with Gasteiger partial charge in [0.1, 0.15) is 0 Å². The van der Waals surface area contributed by atoms with Crippen molar-refractivity contribution in [2.75, 3.05) is 6.61 Å². The number of hydrogen-bond acceptors (Lipinski definition) is 3. The number of ketones is 1. The summed E-state index contributed by atoms with van der Waals surface area (Å²) in [4.78, 5) is 12.0. The Hall–Kier alpha value is -0.480. The molecule has 0 radical (unpaired) electrons. The van der Waals surface area contributed by atoms with E-state index >= 15 is 0 Å². The summed E-state index contributed by atoms with van der Waals surface area (Å²) in [6.07, 6.45) is -1.17. The smallest absolute Gasteiger partial charge is 0.180 e. The summed E-state index contributed by atoms with van der Waals surface area (Å²) in [5.74, 6) is -1.31. The Kier molecular flexibility index (Phi) is 2.98. The molecule has 2 N–H and O–H groups in total. The first-order chi connectivity index (χ1) is 7.01. The number of halogens is 1. The summed E-state index contributed by atoms with van der Waals surface area (Å²) in [6, 6.07) is 0. The molecule has 0 aliphatic heterocycles. The molecule has 0 aromatic carbocycles. The van der Waals surface area contributed by atoms with E-state index in [9.17, 15) is 14.3 Å². The number of alkyl halides is 1. The average Bonchev–Trinajstić information content (AvgIpc) is 2.58. The van der Waals surface area contributed by atoms with Gasteiger partial charge >= 0.3 is 0 Å². The molecule has 1 rings (SSSR count). The van der Waals surface area contributed by atoms with E-state index in [0.29, 0.717) is 0 Å². The van der Waals surface area contributed by atoms with Crippen LogP contribution in [0, 0.1) is 16.7 Å². The van der Waals surface area contributed by atoms with Crippen molar-refractivity contribution in [2.24, 2.45) is 16.7 Å². The van der Waals surface area contributed by atoms with Crippen LogP contribution < -0.4 is 0 Å². The second-order valence-corrected chi connectivity index (χ2v) is 6.24. The Morgan fingerprint density at radius 2 is 1.88 bits per heavy atom. The molecule has 0 aromatic heterocycles. The maximum Gasteiger partial charge on any atom is 0.180 e. The van der Waals surface area contributed by atoms with E-state index in [1.807, 2.05) is 0 Å². The van der Waals surface area contributed by atoms with Crippen molar-refractivity contribution in [3.8, 4) is 0 Å². The van der Waals surface area contributed by atoms with Crippen molar-refractivity contribution in [1.82, 2.24) is 0 Å². The van der Waals surface area contributed by atoms with Gasteiger partial charge in [0.05, 0.1) is 12.7 Å². The fourth-order valence-electron chi connectivity index (χ4n) is 2.58. The van der Waals surface area contributed by atoms with E-state index in [1.165, 1.54) is 0 Å². The largest absolute Gasteiger partial charge is 0.394 e. The summed E-state index contributed by atoms with van der Waals surface area (Å²) < 4.78 is 14.6. The molecule has 0 heterocycles. The standard InChI is InChI=1S/C12H21FO3/c1-10(2,3)9(16)12(13)8(7(15)6-14)11(12,4)5/h7-8,14-15H,6H2,1-5H3/t7?,8-,12-/m1/s1. The van der Waals surface area contributed by atoms with E-state index < -0.39 is 40.9 Å². The number of Topliss-reactive ketones (excluding diaryl/α,β-unsaturated/α-hetero) is 1. The van der Waals surface area contributed by atoms with E-state index in [-0.39, 0.29) is 0 Å². The Bertz CT molecular complexity index is 306. The van der Waals surface area contributed by atoms with Crippen molar-refractivity contribution < 1.29 is 19.4 Å². The molecule has 3 atom stereocenters. The van der Waals surface area contributed by atoms with Crippen LogP contribution in [0.3, 0.4) is 0 Å². The molecular weight excluding hydrogens is 211 g/mol. The van der Waals surface area contributed by atoms with Gasteiger partial charge in [0.2, 0.25) is 0 Å². The normalized spacial score (nSPS) is 34.6. The molecule has 0 aromatic rings. The van der Waals surface area contributed by atoms with Gasteiger partial charge in [-0.2, -0.15) is 0 Å². The number of carbonyl (C=O) groups is 1. The molecule has 3 nitrogen and oxygen atoms in total. The van der Waals surface area contributed by atoms with Crippen LogP contribution in [0.25, 0.3) is 0 Å². The second kappa shape index (κ2) is 3.50. The van der Waals surface area contributed by atoms with E-state index in [4.69, 9.17) is 5.11 Å². The Morgan fingerprint density at radius 1 is 1.44 bits per heavy atom. The Labute approximate surface area is 95.7 Å². The fraction of sp³-hybridized carbons (Fsp3) is 0.917. The zero-order valence-electron chi connectivity index (χ0n) is 10.5. The molecule has 0 spiro atoms. The minimum absolute atomic E-state index is 0.498. The van der Waals surface area contributed by atoms with Crippen molar-refractivity contribution in [3.05, 3.63) is 0 Å². The van der Waals surface area contributed by atoms with Crippen LogP contribution in [0.2, 0.25) is 0 Å². The minimum atomic E-state index is -2.02. The first-order valence-electron chi connectivity index (χ1n) is 5.54. The van der Waals surface area contributed by atoms with Crippen molar-refractivity contribution >= 4 is 5.78 Å². The number of rotatable bonds is 3. The summed E-state index contributed by atoms with van der Waals surface area (Å²) >= 11 is 0. The lowest BCUT2D eigenvalue weighted by Gasteiger charge is -2.22. The maximum atomic E-state index is 14.6. The highest BCUT2D eigenvalue weighted by Gasteiger charge is 2.79. The van der Waals surface area contributed by atoms with Gasteiger partial charge in [-0.3, -0.25) is 4.79 Å². The average molecular weight is 232 g/mol. The van der Waals surface area contributed by atoms with Crippen LogP contribution in [0.4, 0.5) is 4.39 Å². The van der Waals surface area contributed by atoms with Crippen molar-refractivity contribution in [1.29, 1.82) is 0 Å². The zero-order chi connectivity index (χ0) is 12.9. The van der Waals surface area contributed by atoms with Crippen LogP contribution in [0.1, 0.15) is 34.6 Å². The van der Waals surface area contributed by atoms with Gasteiger partial charge in [-0.1, -0.05) is 34.6 Å². The fourth-order valence-corrected chi connectivity index (χ4v) is 2.58. The lowest BCUT2D eigenvalue weighted by atomic mass is 9.84. The third-order valence-corrected chi connectivity index (χ3v) is 3.64. The third kappa shape index (κ3) is 1.59. The van der Waals surface area contributed by atoms with Gasteiger partial charge in [-0.05, 0) is 0 Å². The van der Waals surface area contributed by atoms with Gasteiger partial charge < -0.3 is 10.2 Å². The summed E-state index contributed by atoms with van der Waals surface area (Å²) in [7, 11) is 0. The van der Waals surface area contributed by atoms with E-state index in [1.54, 1.807) is 34.6 Å². The van der Waals surface area contributed by atoms with Crippen LogP contribution in [0.5, 0.6) is 0 Å². The van der Waals surface area contributed by atoms with Gasteiger partial charge in [-0.25, -0.2) is 4.39 Å². The lowest BCUT2D eigenvalue weighted by molar-refractivity contribution is -0.135. The minimum Gasteiger partial charge on any atom is -0.394 e. The van der Waals surface area contributed by atoms with Crippen LogP contribution in [-0.4, -0.2) is 34.4 Å². The molecule has 0 saturated heterocycles. The second-order valence-electron chi connectivity index (χ2n) is 6.24. The predicted molar refractivity (Wildman–Crippen MR) is 58.7 cm³/mol. The maximum absolute atomic E-state index is 14.6. The highest BCUT2D eigenvalue weighted by Crippen LogP contribution is 2.67. The molecular formula is C12H21FO3. The number of aliphatic hydroxyl groups is 2. The molecule has 4 heteroatoms. The van der Waals surface area contributed by atoms with Gasteiger partial charge in [0, 0.05) is 16.7 Å². The molecule has 0 amide bonds. The van der Waals surface area contributed by atoms with Crippen molar-refractivity contribution in [2.45, 2.75) is 46.4 Å². The molecule has 1 aliphatic carbocycles. The topological polar surface area (TPSA) is 57.5 Å². The molecule has 94 valence electrons. The Balaban J connectivity index is 3.01. The number of aliphatic hydroxyl groups excluding tert-OH is 2. The van der Waals surface area contributed by atoms with Crippen LogP contribution in [-0.2, 0) is 4.79 Å². The molecule has 1 aliphatic rings. The summed E-state index contributed by atoms with van der Waals surface area (Å²) in [6.45, 7) is 7.69. The summed E-state index contributed by atoms with van der Waals surface area (Å²) in [5.41, 5.74) is -3.71. The molecule has 1 saturated carbocycles. The number of hydrogen-bond donors (Lipinski definition) is 2. The van der Waals surface area contributed by atoms with E-state index in [2.05, 4.69) is 0 Å². The molecule has 1 fully saturated rings. The highest BCUT2D eigenvalue weighted by molar-refractivity contribution is 5.96. The van der Waals surface area contributed by atoms with Gasteiger partial charge in [-0.15, -0.1) is 0 Å². The molecule has 0 bridgehead atoms. The van der Waals surface area contributed by atoms with Gasteiger partial charge in [0.15, 0.2) is 11.5 Å². The molecule has 16 heavy (non-hydrogen) atoms. The highest BCUT2D eigenvalue weighted by atomic mass is 19.1. The van der Waals surface area contributed by atoms with Gasteiger partial charge in [0.25, 0.3) is 0 Å². The summed E-state index contributed by atoms with van der Waals surface area (Å²) in [5, 5.41) is 18.4. The first-order valence-corrected chi connectivity index (χ1v) is 5.54. The Morgan fingerprint density at radius 3 is 2.19 bits per heavy atom. The third-order valence-electron chi connectivity index (χ3n) is 3.64. The SMILES string of the molecule is CC(C)(C)C(=O)[C@]1(F)[C@H](C(O)CO)C1(C)C. The predicted octanol–water partition coefficient (Wildman–Crippen LogP) is 1.32. The molecule has 1 unspecified atom stereocenters. The van der Waals surface area contributed by atoms with Crippen LogP contribution >= 0.6 is 0 Å². The zero-order valence-corrected chi connectivity index (χ0v) is 10.5. The van der Waals surface area contributed by atoms with Crippen molar-refractivity contribution in [3.63, 3.8) is 0 Å². The van der Waals surface area contributed by atoms with Crippen LogP contribution in [0.15, 0.2) is 0 Å². The van der Waals surface area contributed by atoms with E-state index in [0.717, 1.165) is 0 Å². The first kappa shape index (κ1) is 13.6. The number of carbonyl (C=O) groups excluding carboxylic acids is 1. The lowest BCUT2D eigenvalue weighted by Crippen LogP contribution is -2.36. The quantitative estimate of drug-likeness (QED) is 0.771. The monoisotopic (exact) mass is 232 g/mol.